The lowest BCUT2D eigenvalue weighted by Gasteiger charge is -2.31. The first-order valence-corrected chi connectivity index (χ1v) is 7.88. The van der Waals surface area contributed by atoms with Gasteiger partial charge in [-0.05, 0) is 25.2 Å². The predicted molar refractivity (Wildman–Crippen MR) is 55.9 cm³/mol. The van der Waals surface area contributed by atoms with Gasteiger partial charge in [-0.3, -0.25) is 0 Å². The van der Waals surface area contributed by atoms with Gasteiger partial charge < -0.3 is 4.90 Å². The third kappa shape index (κ3) is 3.39. The summed E-state index contributed by atoms with van der Waals surface area (Å²) in [5, 5.41) is 0. The van der Waals surface area contributed by atoms with Crippen LogP contribution in [0.1, 0.15) is 27.2 Å². The number of hydrogen-bond donors (Lipinski definition) is 0. The number of hydrogen-bond acceptors (Lipinski definition) is 1. The normalized spacial score (nSPS) is 14.5. The fraction of sp³-hybridized carbons (Fsp3) is 1.00. The lowest BCUT2D eigenvalue weighted by atomic mass is 10.4. The molecule has 0 saturated heterocycles. The summed E-state index contributed by atoms with van der Waals surface area (Å²) in [4.78, 5) is 2.61. The van der Waals surface area contributed by atoms with E-state index in [0.717, 1.165) is 5.67 Å². The maximum Gasteiger partial charge on any atom is 0.0508 e. The summed E-state index contributed by atoms with van der Waals surface area (Å²) in [5.74, 6) is 0. The van der Waals surface area contributed by atoms with E-state index in [1.165, 1.54) is 19.5 Å². The van der Waals surface area contributed by atoms with Gasteiger partial charge in [-0.1, -0.05) is 33.9 Å². The molecule has 0 radical (unpaired) electrons. The molecule has 0 fully saturated rings. The van der Waals surface area contributed by atoms with Gasteiger partial charge in [0.25, 0.3) is 0 Å². The highest BCUT2D eigenvalue weighted by molar-refractivity contribution is 6.57. The second kappa shape index (κ2) is 5.78. The van der Waals surface area contributed by atoms with Crippen molar-refractivity contribution in [3.63, 3.8) is 0 Å². The van der Waals surface area contributed by atoms with Crippen molar-refractivity contribution in [3.05, 3.63) is 0 Å². The van der Waals surface area contributed by atoms with Crippen LogP contribution in [0.15, 0.2) is 0 Å². The SMILES string of the molecule is CCC(N(CC)CC)[SiH](C)C. The minimum absolute atomic E-state index is 0.453. The molecule has 0 bridgehead atoms. The third-order valence-electron chi connectivity index (χ3n) is 2.47. The first-order chi connectivity index (χ1) is 5.17. The van der Waals surface area contributed by atoms with Gasteiger partial charge in [0.15, 0.2) is 0 Å². The smallest absolute Gasteiger partial charge is 0.0508 e. The second-order valence-electron chi connectivity index (χ2n) is 3.44. The van der Waals surface area contributed by atoms with Crippen LogP contribution in [0, 0.1) is 0 Å². The number of nitrogens with zero attached hydrogens (tertiary/aromatic N) is 1. The van der Waals surface area contributed by atoms with E-state index in [-0.39, 0.29) is 0 Å². The van der Waals surface area contributed by atoms with E-state index in [2.05, 4.69) is 38.8 Å². The maximum absolute atomic E-state index is 2.61. The van der Waals surface area contributed by atoms with Gasteiger partial charge in [-0.2, -0.15) is 0 Å². The van der Waals surface area contributed by atoms with E-state index < -0.39 is 8.80 Å². The highest BCUT2D eigenvalue weighted by Crippen LogP contribution is 2.07. The molecule has 0 heterocycles. The zero-order valence-corrected chi connectivity index (χ0v) is 9.88. The van der Waals surface area contributed by atoms with Gasteiger partial charge >= 0.3 is 0 Å². The summed E-state index contributed by atoms with van der Waals surface area (Å²) in [6.45, 7) is 14.2. The highest BCUT2D eigenvalue weighted by atomic mass is 28.3. The highest BCUT2D eigenvalue weighted by Gasteiger charge is 2.17. The van der Waals surface area contributed by atoms with Gasteiger partial charge in [-0.25, -0.2) is 0 Å². The van der Waals surface area contributed by atoms with Crippen molar-refractivity contribution >= 4 is 8.80 Å². The molecule has 0 spiro atoms. The Morgan fingerprint density at radius 2 is 1.55 bits per heavy atom. The second-order valence-corrected chi connectivity index (χ2v) is 6.70. The van der Waals surface area contributed by atoms with Crippen molar-refractivity contribution in [2.45, 2.75) is 46.0 Å². The zero-order valence-electron chi connectivity index (χ0n) is 8.72. The monoisotopic (exact) mass is 173 g/mol. The molecule has 0 amide bonds. The summed E-state index contributed by atoms with van der Waals surface area (Å²) in [6, 6.07) is 0. The topological polar surface area (TPSA) is 3.24 Å². The van der Waals surface area contributed by atoms with Crippen LogP contribution in [0.2, 0.25) is 13.1 Å². The minimum Gasteiger partial charge on any atom is -0.304 e. The van der Waals surface area contributed by atoms with Crippen LogP contribution in [-0.4, -0.2) is 32.5 Å². The molecule has 0 saturated carbocycles. The first kappa shape index (κ1) is 11.2. The average Bonchev–Trinajstić information content (AvgIpc) is 1.99. The molecule has 1 atom stereocenters. The Morgan fingerprint density at radius 3 is 1.64 bits per heavy atom. The predicted octanol–water partition coefficient (Wildman–Crippen LogP) is 2.13. The molecule has 0 aliphatic heterocycles. The van der Waals surface area contributed by atoms with E-state index in [0.29, 0.717) is 0 Å². The van der Waals surface area contributed by atoms with Gasteiger partial charge in [0, 0.05) is 0 Å². The minimum atomic E-state index is -0.453. The Kier molecular flexibility index (Phi) is 5.87. The summed E-state index contributed by atoms with van der Waals surface area (Å²) in [6.07, 6.45) is 1.34. The van der Waals surface area contributed by atoms with Crippen molar-refractivity contribution in [3.8, 4) is 0 Å². The van der Waals surface area contributed by atoms with E-state index >= 15 is 0 Å². The quantitative estimate of drug-likeness (QED) is 0.576. The average molecular weight is 173 g/mol. The summed E-state index contributed by atoms with van der Waals surface area (Å²) < 4.78 is 0. The molecule has 0 aliphatic carbocycles. The fourth-order valence-corrected chi connectivity index (χ4v) is 4.05. The third-order valence-corrected chi connectivity index (χ3v) is 4.90. The summed E-state index contributed by atoms with van der Waals surface area (Å²) >= 11 is 0. The van der Waals surface area contributed by atoms with Crippen molar-refractivity contribution in [1.29, 1.82) is 0 Å². The van der Waals surface area contributed by atoms with Gasteiger partial charge in [-0.15, -0.1) is 0 Å². The molecule has 11 heavy (non-hydrogen) atoms. The molecule has 0 N–H and O–H groups in total. The van der Waals surface area contributed by atoms with Crippen LogP contribution < -0.4 is 0 Å². The molecule has 0 aromatic heterocycles. The van der Waals surface area contributed by atoms with Crippen molar-refractivity contribution < 1.29 is 0 Å². The van der Waals surface area contributed by atoms with Gasteiger partial charge in [0.05, 0.1) is 8.80 Å². The van der Waals surface area contributed by atoms with Crippen molar-refractivity contribution in [2.24, 2.45) is 0 Å². The van der Waals surface area contributed by atoms with Crippen LogP contribution in [0.3, 0.4) is 0 Å². The van der Waals surface area contributed by atoms with Crippen LogP contribution in [0.5, 0.6) is 0 Å². The van der Waals surface area contributed by atoms with Crippen LogP contribution in [0.4, 0.5) is 0 Å². The zero-order chi connectivity index (χ0) is 8.85. The molecule has 0 rings (SSSR count). The summed E-state index contributed by atoms with van der Waals surface area (Å²) in [7, 11) is -0.453. The fourth-order valence-electron chi connectivity index (χ4n) is 1.84. The maximum atomic E-state index is 2.61. The molecule has 68 valence electrons. The molecule has 0 aromatic rings. The molecule has 0 aliphatic rings. The van der Waals surface area contributed by atoms with Gasteiger partial charge in [0.2, 0.25) is 0 Å². The standard InChI is InChI=1S/C9H23NSi/c1-6-9(11(4)5)10(7-2)8-3/h9,11H,6-8H2,1-5H3. The van der Waals surface area contributed by atoms with Crippen molar-refractivity contribution in [2.75, 3.05) is 13.1 Å². The molecular weight excluding hydrogens is 150 g/mol. The Labute approximate surface area is 73.4 Å². The largest absolute Gasteiger partial charge is 0.304 e. The lowest BCUT2D eigenvalue weighted by Crippen LogP contribution is -2.42. The Balaban J connectivity index is 3.98. The lowest BCUT2D eigenvalue weighted by molar-refractivity contribution is 0.268. The van der Waals surface area contributed by atoms with E-state index in [4.69, 9.17) is 0 Å². The number of rotatable bonds is 5. The molecule has 2 heteroatoms. The van der Waals surface area contributed by atoms with Crippen LogP contribution in [0.25, 0.3) is 0 Å². The molecule has 1 nitrogen and oxygen atoms in total. The van der Waals surface area contributed by atoms with Crippen LogP contribution >= 0.6 is 0 Å². The Morgan fingerprint density at radius 1 is 1.09 bits per heavy atom. The molecular formula is C9H23NSi. The van der Waals surface area contributed by atoms with Gasteiger partial charge in [0.1, 0.15) is 0 Å². The molecule has 0 aromatic carbocycles. The first-order valence-electron chi connectivity index (χ1n) is 4.91. The van der Waals surface area contributed by atoms with Crippen LogP contribution in [-0.2, 0) is 0 Å². The van der Waals surface area contributed by atoms with E-state index in [9.17, 15) is 0 Å². The van der Waals surface area contributed by atoms with Crippen molar-refractivity contribution in [1.82, 2.24) is 4.90 Å². The van der Waals surface area contributed by atoms with E-state index in [1.54, 1.807) is 0 Å². The Bertz CT molecular complexity index is 89.6. The summed E-state index contributed by atoms with van der Waals surface area (Å²) in [5.41, 5.74) is 0.921. The van der Waals surface area contributed by atoms with E-state index in [1.807, 2.05) is 0 Å². The Hall–Kier alpha value is 0.177. The molecule has 1 unspecified atom stereocenters.